The van der Waals surface area contributed by atoms with Crippen LogP contribution < -0.4 is 4.74 Å². The van der Waals surface area contributed by atoms with Crippen molar-refractivity contribution < 1.29 is 19.4 Å². The van der Waals surface area contributed by atoms with Crippen molar-refractivity contribution in [3.05, 3.63) is 70.8 Å². The van der Waals surface area contributed by atoms with E-state index in [4.69, 9.17) is 4.74 Å². The van der Waals surface area contributed by atoms with Crippen LogP contribution in [0.4, 0.5) is 0 Å². The Bertz CT molecular complexity index is 963. The molecule has 3 rings (SSSR count). The van der Waals surface area contributed by atoms with Gasteiger partial charge in [-0.05, 0) is 43.8 Å². The molecule has 2 aromatic rings. The van der Waals surface area contributed by atoms with E-state index in [9.17, 15) is 14.7 Å². The summed E-state index contributed by atoms with van der Waals surface area (Å²) >= 11 is 0. The molecule has 1 atom stereocenters. The number of hydrogen-bond acceptors (Lipinski definition) is 5. The molecule has 1 aliphatic heterocycles. The van der Waals surface area contributed by atoms with Crippen LogP contribution in [0.1, 0.15) is 29.7 Å². The number of likely N-dealkylation sites (N-methyl/N-ethyl adjacent to an activating group) is 1. The molecule has 0 saturated carbocycles. The van der Waals surface area contributed by atoms with Crippen LogP contribution in [0.3, 0.4) is 0 Å². The number of amides is 1. The van der Waals surface area contributed by atoms with Gasteiger partial charge in [-0.1, -0.05) is 43.3 Å². The second kappa shape index (κ2) is 9.13. The zero-order valence-electron chi connectivity index (χ0n) is 17.9. The maximum Gasteiger partial charge on any atom is 0.295 e. The number of nitrogens with zero attached hydrogens (tertiary/aromatic N) is 2. The van der Waals surface area contributed by atoms with Gasteiger partial charge in [0.2, 0.25) is 0 Å². The van der Waals surface area contributed by atoms with Gasteiger partial charge in [-0.3, -0.25) is 9.59 Å². The molecule has 0 radical (unpaired) electrons. The first-order valence-electron chi connectivity index (χ1n) is 10.0. The van der Waals surface area contributed by atoms with Crippen LogP contribution in [0.5, 0.6) is 5.75 Å². The maximum atomic E-state index is 13.0. The van der Waals surface area contributed by atoms with Crippen LogP contribution >= 0.6 is 0 Å². The zero-order chi connectivity index (χ0) is 21.8. The smallest absolute Gasteiger partial charge is 0.295 e. The lowest BCUT2D eigenvalue weighted by Gasteiger charge is -2.26. The molecule has 1 heterocycles. The largest absolute Gasteiger partial charge is 0.507 e. The van der Waals surface area contributed by atoms with Crippen LogP contribution in [-0.2, 0) is 16.0 Å². The quantitative estimate of drug-likeness (QED) is 0.433. The number of Topliss-reactive ketones (excluding diaryl/α,β-unsaturated/α-hetero) is 1. The molecule has 1 fully saturated rings. The minimum atomic E-state index is -0.679. The van der Waals surface area contributed by atoms with E-state index in [0.717, 1.165) is 17.5 Å². The molecule has 2 aromatic carbocycles. The van der Waals surface area contributed by atoms with E-state index in [1.54, 1.807) is 29.2 Å². The highest BCUT2D eigenvalue weighted by molar-refractivity contribution is 6.46. The van der Waals surface area contributed by atoms with Crippen molar-refractivity contribution in [3.63, 3.8) is 0 Å². The highest BCUT2D eigenvalue weighted by atomic mass is 16.5. The maximum absolute atomic E-state index is 13.0. The normalized spacial score (nSPS) is 18.3. The number of aliphatic hydroxyl groups excluding tert-OH is 1. The Hall–Kier alpha value is -3.12. The third kappa shape index (κ3) is 4.09. The van der Waals surface area contributed by atoms with Gasteiger partial charge >= 0.3 is 0 Å². The molecular weight excluding hydrogens is 380 g/mol. The van der Waals surface area contributed by atoms with Crippen LogP contribution in [0.15, 0.2) is 54.1 Å². The Morgan fingerprint density at radius 1 is 1.10 bits per heavy atom. The number of aliphatic hydroxyl groups is 1. The molecule has 1 saturated heterocycles. The van der Waals surface area contributed by atoms with E-state index in [0.29, 0.717) is 24.4 Å². The van der Waals surface area contributed by atoms with Gasteiger partial charge in [-0.25, -0.2) is 0 Å². The molecule has 6 heteroatoms. The molecule has 1 amide bonds. The number of para-hydroxylation sites is 1. The fraction of sp³-hybridized carbons (Fsp3) is 0.333. The predicted molar refractivity (Wildman–Crippen MR) is 116 cm³/mol. The Labute approximate surface area is 177 Å². The molecule has 0 aromatic heterocycles. The highest BCUT2D eigenvalue weighted by Gasteiger charge is 2.46. The fourth-order valence-electron chi connectivity index (χ4n) is 3.69. The SMILES string of the molecule is CCc1ccc(C2/C(=C(/O)c3ccccc3OC)C(=O)C(=O)N2CCN(C)C)cc1. The summed E-state index contributed by atoms with van der Waals surface area (Å²) in [5, 5.41) is 11.1. The van der Waals surface area contributed by atoms with Crippen molar-refractivity contribution in [1.82, 2.24) is 9.80 Å². The lowest BCUT2D eigenvalue weighted by atomic mass is 9.94. The van der Waals surface area contributed by atoms with E-state index >= 15 is 0 Å². The van der Waals surface area contributed by atoms with E-state index in [2.05, 4.69) is 6.92 Å². The Morgan fingerprint density at radius 3 is 2.37 bits per heavy atom. The Balaban J connectivity index is 2.16. The molecule has 158 valence electrons. The van der Waals surface area contributed by atoms with Gasteiger partial charge in [0, 0.05) is 13.1 Å². The summed E-state index contributed by atoms with van der Waals surface area (Å²) < 4.78 is 5.35. The van der Waals surface area contributed by atoms with Crippen molar-refractivity contribution in [2.24, 2.45) is 0 Å². The van der Waals surface area contributed by atoms with E-state index < -0.39 is 17.7 Å². The van der Waals surface area contributed by atoms with Crippen molar-refractivity contribution in [3.8, 4) is 5.75 Å². The van der Waals surface area contributed by atoms with Gasteiger partial charge in [-0.15, -0.1) is 0 Å². The van der Waals surface area contributed by atoms with Crippen LogP contribution in [-0.4, -0.2) is 60.9 Å². The van der Waals surface area contributed by atoms with Gasteiger partial charge in [0.25, 0.3) is 11.7 Å². The summed E-state index contributed by atoms with van der Waals surface area (Å²) in [6.07, 6.45) is 0.891. The first-order valence-corrected chi connectivity index (χ1v) is 10.0. The van der Waals surface area contributed by atoms with E-state index in [-0.39, 0.29) is 11.3 Å². The number of ether oxygens (including phenoxy) is 1. The number of likely N-dealkylation sites (tertiary alicyclic amines) is 1. The number of hydrogen-bond donors (Lipinski definition) is 1. The monoisotopic (exact) mass is 408 g/mol. The molecule has 1 aliphatic rings. The lowest BCUT2D eigenvalue weighted by molar-refractivity contribution is -0.140. The molecule has 6 nitrogen and oxygen atoms in total. The molecule has 1 unspecified atom stereocenters. The lowest BCUT2D eigenvalue weighted by Crippen LogP contribution is -2.35. The zero-order valence-corrected chi connectivity index (χ0v) is 17.9. The number of benzene rings is 2. The van der Waals surface area contributed by atoms with E-state index in [1.807, 2.05) is 43.3 Å². The molecule has 1 N–H and O–H groups in total. The summed E-state index contributed by atoms with van der Waals surface area (Å²) in [6, 6.07) is 14.1. The summed E-state index contributed by atoms with van der Waals surface area (Å²) in [5.41, 5.74) is 2.43. The number of aryl methyl sites for hydroxylation is 1. The van der Waals surface area contributed by atoms with Gasteiger partial charge in [0.15, 0.2) is 0 Å². The van der Waals surface area contributed by atoms with Gasteiger partial charge in [0.1, 0.15) is 11.5 Å². The minimum absolute atomic E-state index is 0.0903. The Kier molecular flexibility index (Phi) is 6.57. The van der Waals surface area contributed by atoms with E-state index in [1.165, 1.54) is 7.11 Å². The number of methoxy groups -OCH3 is 1. The summed E-state index contributed by atoms with van der Waals surface area (Å²) in [4.78, 5) is 29.4. The molecule has 0 spiro atoms. The summed E-state index contributed by atoms with van der Waals surface area (Å²) in [7, 11) is 5.33. The van der Waals surface area contributed by atoms with Gasteiger partial charge in [0.05, 0.1) is 24.3 Å². The standard InChI is InChI=1S/C24H28N2O4/c1-5-16-10-12-17(13-11-16)21-20(22(27)18-8-6-7-9-19(18)30-4)23(28)24(29)26(21)15-14-25(2)3/h6-13,21,27H,5,14-15H2,1-4H3/b22-20-. The Morgan fingerprint density at radius 2 is 1.77 bits per heavy atom. The first-order chi connectivity index (χ1) is 14.4. The molecule has 0 aliphatic carbocycles. The minimum Gasteiger partial charge on any atom is -0.507 e. The van der Waals surface area contributed by atoms with Crippen LogP contribution in [0.2, 0.25) is 0 Å². The summed E-state index contributed by atoms with van der Waals surface area (Å²) in [5.74, 6) is -1.06. The molecular formula is C24H28N2O4. The van der Waals surface area contributed by atoms with Crippen LogP contribution in [0, 0.1) is 0 Å². The number of carbonyl (C=O) groups excluding carboxylic acids is 2. The second-order valence-electron chi connectivity index (χ2n) is 7.59. The molecule has 30 heavy (non-hydrogen) atoms. The number of ketones is 1. The predicted octanol–water partition coefficient (Wildman–Crippen LogP) is 3.24. The van der Waals surface area contributed by atoms with Gasteiger partial charge < -0.3 is 19.6 Å². The molecule has 0 bridgehead atoms. The van der Waals surface area contributed by atoms with Crippen molar-refractivity contribution in [2.75, 3.05) is 34.3 Å². The topological polar surface area (TPSA) is 70.1 Å². The highest BCUT2D eigenvalue weighted by Crippen LogP contribution is 2.40. The summed E-state index contributed by atoms with van der Waals surface area (Å²) in [6.45, 7) is 3.05. The number of carbonyl (C=O) groups is 2. The van der Waals surface area contributed by atoms with Gasteiger partial charge in [-0.2, -0.15) is 0 Å². The van der Waals surface area contributed by atoms with Crippen molar-refractivity contribution in [1.29, 1.82) is 0 Å². The average molecular weight is 408 g/mol. The van der Waals surface area contributed by atoms with Crippen molar-refractivity contribution in [2.45, 2.75) is 19.4 Å². The average Bonchev–Trinajstić information content (AvgIpc) is 3.01. The third-order valence-corrected chi connectivity index (χ3v) is 5.39. The van der Waals surface area contributed by atoms with Crippen LogP contribution in [0.25, 0.3) is 5.76 Å². The fourth-order valence-corrected chi connectivity index (χ4v) is 3.69. The first kappa shape index (κ1) is 21.6. The second-order valence-corrected chi connectivity index (χ2v) is 7.59. The van der Waals surface area contributed by atoms with Crippen molar-refractivity contribution >= 4 is 17.4 Å². The third-order valence-electron chi connectivity index (χ3n) is 5.39. The number of rotatable bonds is 7.